The molecule has 2 rings (SSSR count). The minimum atomic E-state index is 0.100. The molecule has 0 spiro atoms. The fourth-order valence-electron chi connectivity index (χ4n) is 2.64. The maximum Gasteiger partial charge on any atom is 0.227 e. The highest BCUT2D eigenvalue weighted by Crippen LogP contribution is 2.15. The minimum absolute atomic E-state index is 0.100. The molecule has 0 radical (unpaired) electrons. The molecular weight excluding hydrogens is 290 g/mol. The van der Waals surface area contributed by atoms with Crippen LogP contribution in [-0.4, -0.2) is 40.5 Å². The zero-order valence-corrected chi connectivity index (χ0v) is 13.9. The van der Waals surface area contributed by atoms with Gasteiger partial charge in [-0.05, 0) is 43.5 Å². The van der Waals surface area contributed by atoms with Gasteiger partial charge in [0.15, 0.2) is 0 Å². The van der Waals surface area contributed by atoms with Gasteiger partial charge in [-0.25, -0.2) is 9.97 Å². The van der Waals surface area contributed by atoms with E-state index in [9.17, 15) is 4.79 Å². The Kier molecular flexibility index (Phi) is 6.09. The standard InChI is InChI=1S/C18H23N3O2/c1-4-21(18(22)10-16-11-19-13-20-12-16)14(2)9-15-5-7-17(23-3)8-6-15/h5-8,11-14H,4,9-10H2,1-3H3. The number of aromatic nitrogens is 2. The third-order valence-corrected chi connectivity index (χ3v) is 3.85. The smallest absolute Gasteiger partial charge is 0.227 e. The van der Waals surface area contributed by atoms with Crippen molar-refractivity contribution in [1.29, 1.82) is 0 Å². The molecule has 5 nitrogen and oxygen atoms in total. The summed E-state index contributed by atoms with van der Waals surface area (Å²) in [7, 11) is 1.66. The SMILES string of the molecule is CCN(C(=O)Cc1cncnc1)C(C)Cc1ccc(OC)cc1. The molecule has 0 aliphatic rings. The highest BCUT2D eigenvalue weighted by Gasteiger charge is 2.19. The second-order valence-electron chi connectivity index (χ2n) is 5.50. The van der Waals surface area contributed by atoms with Crippen LogP contribution < -0.4 is 4.74 Å². The fraction of sp³-hybridized carbons (Fsp3) is 0.389. The van der Waals surface area contributed by atoms with Crippen molar-refractivity contribution < 1.29 is 9.53 Å². The highest BCUT2D eigenvalue weighted by molar-refractivity contribution is 5.78. The van der Waals surface area contributed by atoms with E-state index in [-0.39, 0.29) is 11.9 Å². The molecule has 122 valence electrons. The van der Waals surface area contributed by atoms with Gasteiger partial charge < -0.3 is 9.64 Å². The van der Waals surface area contributed by atoms with E-state index in [0.717, 1.165) is 17.7 Å². The fourth-order valence-corrected chi connectivity index (χ4v) is 2.64. The number of methoxy groups -OCH3 is 1. The summed E-state index contributed by atoms with van der Waals surface area (Å²) in [6, 6.07) is 8.10. The molecular formula is C18H23N3O2. The molecule has 1 amide bonds. The molecule has 2 aromatic rings. The van der Waals surface area contributed by atoms with Crippen LogP contribution in [0.1, 0.15) is 25.0 Å². The predicted octanol–water partition coefficient (Wildman–Crippen LogP) is 2.51. The second kappa shape index (κ2) is 8.27. The van der Waals surface area contributed by atoms with Crippen LogP contribution in [0.3, 0.4) is 0 Å². The van der Waals surface area contributed by atoms with E-state index >= 15 is 0 Å². The van der Waals surface area contributed by atoms with E-state index in [0.29, 0.717) is 13.0 Å². The van der Waals surface area contributed by atoms with Gasteiger partial charge in [-0.15, -0.1) is 0 Å². The summed E-state index contributed by atoms with van der Waals surface area (Å²) < 4.78 is 5.17. The van der Waals surface area contributed by atoms with Crippen molar-refractivity contribution in [2.24, 2.45) is 0 Å². The second-order valence-corrected chi connectivity index (χ2v) is 5.50. The Morgan fingerprint density at radius 1 is 1.17 bits per heavy atom. The maximum atomic E-state index is 12.5. The molecule has 1 aromatic carbocycles. The Morgan fingerprint density at radius 2 is 1.83 bits per heavy atom. The van der Waals surface area contributed by atoms with Gasteiger partial charge in [0.1, 0.15) is 12.1 Å². The van der Waals surface area contributed by atoms with Gasteiger partial charge >= 0.3 is 0 Å². The first-order valence-electron chi connectivity index (χ1n) is 7.80. The number of rotatable bonds is 7. The normalized spacial score (nSPS) is 11.8. The molecule has 1 atom stereocenters. The minimum Gasteiger partial charge on any atom is -0.497 e. The zero-order valence-electron chi connectivity index (χ0n) is 13.9. The lowest BCUT2D eigenvalue weighted by Gasteiger charge is -2.28. The average molecular weight is 313 g/mol. The van der Waals surface area contributed by atoms with Crippen LogP contribution in [0, 0.1) is 0 Å². The lowest BCUT2D eigenvalue weighted by Crippen LogP contribution is -2.40. The summed E-state index contributed by atoms with van der Waals surface area (Å²) >= 11 is 0. The van der Waals surface area contributed by atoms with Gasteiger partial charge in [-0.3, -0.25) is 4.79 Å². The van der Waals surface area contributed by atoms with Crippen LogP contribution in [0.15, 0.2) is 43.0 Å². The first-order valence-corrected chi connectivity index (χ1v) is 7.80. The largest absolute Gasteiger partial charge is 0.497 e. The van der Waals surface area contributed by atoms with Crippen molar-refractivity contribution >= 4 is 5.91 Å². The van der Waals surface area contributed by atoms with Gasteiger partial charge in [0.25, 0.3) is 0 Å². The molecule has 23 heavy (non-hydrogen) atoms. The predicted molar refractivity (Wildman–Crippen MR) is 89.3 cm³/mol. The Bertz CT molecular complexity index is 614. The van der Waals surface area contributed by atoms with Gasteiger partial charge in [0.05, 0.1) is 13.5 Å². The average Bonchev–Trinajstić information content (AvgIpc) is 2.57. The quantitative estimate of drug-likeness (QED) is 0.788. The number of carbonyl (C=O) groups excluding carboxylic acids is 1. The number of ether oxygens (including phenoxy) is 1. The summed E-state index contributed by atoms with van der Waals surface area (Å²) in [5.41, 5.74) is 2.03. The monoisotopic (exact) mass is 313 g/mol. The molecule has 1 heterocycles. The Hall–Kier alpha value is -2.43. The maximum absolute atomic E-state index is 12.5. The summed E-state index contributed by atoms with van der Waals surface area (Å²) in [4.78, 5) is 22.3. The van der Waals surface area contributed by atoms with Crippen molar-refractivity contribution in [2.75, 3.05) is 13.7 Å². The first kappa shape index (κ1) is 16.9. The highest BCUT2D eigenvalue weighted by atomic mass is 16.5. The van der Waals surface area contributed by atoms with Gasteiger partial charge in [0, 0.05) is 25.0 Å². The van der Waals surface area contributed by atoms with Crippen LogP contribution in [0.25, 0.3) is 0 Å². The number of carbonyl (C=O) groups is 1. The summed E-state index contributed by atoms with van der Waals surface area (Å²) in [5, 5.41) is 0. The summed E-state index contributed by atoms with van der Waals surface area (Å²) in [6.45, 7) is 4.76. The van der Waals surface area contributed by atoms with Crippen molar-refractivity contribution in [1.82, 2.24) is 14.9 Å². The van der Waals surface area contributed by atoms with E-state index in [1.165, 1.54) is 11.9 Å². The Labute approximate surface area is 137 Å². The number of benzene rings is 1. The molecule has 1 aromatic heterocycles. The van der Waals surface area contributed by atoms with Crippen molar-refractivity contribution in [3.8, 4) is 5.75 Å². The topological polar surface area (TPSA) is 55.3 Å². The van der Waals surface area contributed by atoms with E-state index < -0.39 is 0 Å². The lowest BCUT2D eigenvalue weighted by atomic mass is 10.0. The third-order valence-electron chi connectivity index (χ3n) is 3.85. The lowest BCUT2D eigenvalue weighted by molar-refractivity contribution is -0.132. The molecule has 0 bridgehead atoms. The number of nitrogens with zero attached hydrogens (tertiary/aromatic N) is 3. The van der Waals surface area contributed by atoms with E-state index in [2.05, 4.69) is 16.9 Å². The molecule has 0 aliphatic heterocycles. The first-order chi connectivity index (χ1) is 11.1. The van der Waals surface area contributed by atoms with Crippen molar-refractivity contribution in [2.45, 2.75) is 32.7 Å². The molecule has 5 heteroatoms. The number of amides is 1. The third kappa shape index (κ3) is 4.77. The molecule has 0 N–H and O–H groups in total. The van der Waals surface area contributed by atoms with Crippen LogP contribution >= 0.6 is 0 Å². The van der Waals surface area contributed by atoms with E-state index in [4.69, 9.17) is 4.74 Å². The van der Waals surface area contributed by atoms with E-state index in [1.54, 1.807) is 19.5 Å². The summed E-state index contributed by atoms with van der Waals surface area (Å²) in [5.74, 6) is 0.942. The zero-order chi connectivity index (χ0) is 16.7. The summed E-state index contributed by atoms with van der Waals surface area (Å²) in [6.07, 6.45) is 5.99. The van der Waals surface area contributed by atoms with E-state index in [1.807, 2.05) is 36.1 Å². The molecule has 0 saturated carbocycles. The van der Waals surface area contributed by atoms with Crippen molar-refractivity contribution in [3.63, 3.8) is 0 Å². The molecule has 0 saturated heterocycles. The molecule has 1 unspecified atom stereocenters. The van der Waals surface area contributed by atoms with Crippen LogP contribution in [0.5, 0.6) is 5.75 Å². The van der Waals surface area contributed by atoms with Gasteiger partial charge in [-0.2, -0.15) is 0 Å². The number of hydrogen-bond acceptors (Lipinski definition) is 4. The van der Waals surface area contributed by atoms with Crippen LogP contribution in [0.4, 0.5) is 0 Å². The Balaban J connectivity index is 1.99. The van der Waals surface area contributed by atoms with Crippen molar-refractivity contribution in [3.05, 3.63) is 54.1 Å². The number of hydrogen-bond donors (Lipinski definition) is 0. The van der Waals surface area contributed by atoms with Crippen LogP contribution in [0.2, 0.25) is 0 Å². The Morgan fingerprint density at radius 3 is 2.39 bits per heavy atom. The number of likely N-dealkylation sites (N-methyl/N-ethyl adjacent to an activating group) is 1. The molecule has 0 aliphatic carbocycles. The van der Waals surface area contributed by atoms with Gasteiger partial charge in [-0.1, -0.05) is 12.1 Å². The molecule has 0 fully saturated rings. The van der Waals surface area contributed by atoms with Gasteiger partial charge in [0.2, 0.25) is 5.91 Å². The van der Waals surface area contributed by atoms with Crippen LogP contribution in [-0.2, 0) is 17.6 Å².